The molecule has 0 bridgehead atoms. The highest BCUT2D eigenvalue weighted by atomic mass is 35.5. The van der Waals surface area contributed by atoms with E-state index in [0.717, 1.165) is 5.56 Å². The summed E-state index contributed by atoms with van der Waals surface area (Å²) in [5, 5.41) is 2.66. The van der Waals surface area contributed by atoms with Crippen molar-refractivity contribution >= 4 is 28.1 Å². The van der Waals surface area contributed by atoms with Gasteiger partial charge in [0.2, 0.25) is 0 Å². The van der Waals surface area contributed by atoms with Crippen LogP contribution in [0.15, 0.2) is 77.1 Å². The molecule has 1 nitrogen and oxygen atoms in total. The fraction of sp³-hybridized carbons (Fsp3) is 0.0556. The summed E-state index contributed by atoms with van der Waals surface area (Å²) in [6, 6.07) is 22.3. The van der Waals surface area contributed by atoms with Gasteiger partial charge in [0.05, 0.1) is 6.54 Å². The maximum atomic E-state index is 6.27. The summed E-state index contributed by atoms with van der Waals surface area (Å²) in [6.45, 7) is 0.599. The highest BCUT2D eigenvalue weighted by Crippen LogP contribution is 2.30. The molecule has 0 aliphatic carbocycles. The number of hydrogen-bond donors (Lipinski definition) is 0. The van der Waals surface area contributed by atoms with Crippen molar-refractivity contribution < 1.29 is 0 Å². The molecule has 0 radical (unpaired) electrons. The third-order valence-electron chi connectivity index (χ3n) is 3.18. The fourth-order valence-electron chi connectivity index (χ4n) is 2.12. The first-order chi connectivity index (χ1) is 10.3. The molecule has 0 spiro atoms. The molecule has 21 heavy (non-hydrogen) atoms. The molecule has 0 saturated carbocycles. The Morgan fingerprint density at radius 3 is 2.29 bits per heavy atom. The van der Waals surface area contributed by atoms with E-state index in [4.69, 9.17) is 11.6 Å². The quantitative estimate of drug-likeness (QED) is 0.556. The maximum absolute atomic E-state index is 6.27. The molecule has 0 amide bonds. The van der Waals surface area contributed by atoms with Gasteiger partial charge in [-0.2, -0.15) is 0 Å². The SMILES string of the molecule is ClC(=NCc1ccsc1-c1ccccc1)c1ccccc1. The van der Waals surface area contributed by atoms with E-state index in [9.17, 15) is 0 Å². The van der Waals surface area contributed by atoms with Crippen LogP contribution < -0.4 is 0 Å². The normalized spacial score (nSPS) is 11.6. The molecular formula is C18H14ClNS. The number of thiophene rings is 1. The van der Waals surface area contributed by atoms with Gasteiger partial charge in [-0.3, -0.25) is 4.99 Å². The number of halogens is 1. The molecule has 3 heteroatoms. The minimum absolute atomic E-state index is 0.556. The van der Waals surface area contributed by atoms with Crippen LogP contribution in [0.2, 0.25) is 0 Å². The van der Waals surface area contributed by atoms with E-state index in [1.807, 2.05) is 36.4 Å². The minimum atomic E-state index is 0.556. The van der Waals surface area contributed by atoms with Crippen molar-refractivity contribution in [1.82, 2.24) is 0 Å². The van der Waals surface area contributed by atoms with Crippen molar-refractivity contribution in [2.75, 3.05) is 0 Å². The van der Waals surface area contributed by atoms with Gasteiger partial charge in [0.15, 0.2) is 0 Å². The van der Waals surface area contributed by atoms with Crippen LogP contribution in [0.25, 0.3) is 10.4 Å². The summed E-state index contributed by atoms with van der Waals surface area (Å²) in [6.07, 6.45) is 0. The smallest absolute Gasteiger partial charge is 0.131 e. The van der Waals surface area contributed by atoms with Gasteiger partial charge >= 0.3 is 0 Å². The van der Waals surface area contributed by atoms with Gasteiger partial charge in [-0.05, 0) is 22.6 Å². The second kappa shape index (κ2) is 6.70. The number of nitrogens with zero attached hydrogens (tertiary/aromatic N) is 1. The molecule has 0 fully saturated rings. The second-order valence-corrected chi connectivity index (χ2v) is 5.89. The van der Waals surface area contributed by atoms with E-state index < -0.39 is 0 Å². The van der Waals surface area contributed by atoms with Crippen molar-refractivity contribution in [3.63, 3.8) is 0 Å². The molecular weight excluding hydrogens is 298 g/mol. The summed E-state index contributed by atoms with van der Waals surface area (Å²) >= 11 is 8.01. The summed E-state index contributed by atoms with van der Waals surface area (Å²) in [4.78, 5) is 5.77. The van der Waals surface area contributed by atoms with Crippen molar-refractivity contribution in [3.8, 4) is 10.4 Å². The third-order valence-corrected chi connectivity index (χ3v) is 4.53. The third kappa shape index (κ3) is 3.41. The zero-order chi connectivity index (χ0) is 14.5. The lowest BCUT2D eigenvalue weighted by Gasteiger charge is -2.02. The first kappa shape index (κ1) is 14.1. The van der Waals surface area contributed by atoms with Gasteiger partial charge in [-0.15, -0.1) is 11.3 Å². The van der Waals surface area contributed by atoms with Gasteiger partial charge in [-0.25, -0.2) is 0 Å². The van der Waals surface area contributed by atoms with E-state index in [-0.39, 0.29) is 0 Å². The van der Waals surface area contributed by atoms with Gasteiger partial charge in [0, 0.05) is 10.4 Å². The Bertz CT molecular complexity index is 732. The summed E-state index contributed by atoms with van der Waals surface area (Å²) in [7, 11) is 0. The van der Waals surface area contributed by atoms with Crippen molar-refractivity contribution in [2.24, 2.45) is 4.99 Å². The zero-order valence-electron chi connectivity index (χ0n) is 11.4. The molecule has 0 unspecified atom stereocenters. The minimum Gasteiger partial charge on any atom is -0.268 e. The Kier molecular flexibility index (Phi) is 4.49. The zero-order valence-corrected chi connectivity index (χ0v) is 12.9. The lowest BCUT2D eigenvalue weighted by atomic mass is 10.1. The van der Waals surface area contributed by atoms with E-state index >= 15 is 0 Å². The van der Waals surface area contributed by atoms with Crippen LogP contribution in [0.3, 0.4) is 0 Å². The molecule has 0 saturated heterocycles. The Morgan fingerprint density at radius 2 is 1.57 bits per heavy atom. The van der Waals surface area contributed by atoms with E-state index in [0.29, 0.717) is 11.7 Å². The molecule has 0 aliphatic heterocycles. The van der Waals surface area contributed by atoms with Crippen LogP contribution >= 0.6 is 22.9 Å². The monoisotopic (exact) mass is 311 g/mol. The van der Waals surface area contributed by atoms with E-state index in [1.54, 1.807) is 11.3 Å². The topological polar surface area (TPSA) is 12.4 Å². The first-order valence-corrected chi connectivity index (χ1v) is 7.97. The summed E-state index contributed by atoms with van der Waals surface area (Å²) < 4.78 is 0. The van der Waals surface area contributed by atoms with Crippen molar-refractivity contribution in [1.29, 1.82) is 0 Å². The number of hydrogen-bond acceptors (Lipinski definition) is 2. The van der Waals surface area contributed by atoms with Crippen LogP contribution in [0.1, 0.15) is 11.1 Å². The Hall–Kier alpha value is -1.90. The molecule has 0 aliphatic rings. The average Bonchev–Trinajstić information content (AvgIpc) is 3.03. The summed E-state index contributed by atoms with van der Waals surface area (Å²) in [5.74, 6) is 0. The van der Waals surface area contributed by atoms with Gasteiger partial charge in [0.1, 0.15) is 5.17 Å². The molecule has 104 valence electrons. The van der Waals surface area contributed by atoms with Crippen molar-refractivity contribution in [2.45, 2.75) is 6.54 Å². The van der Waals surface area contributed by atoms with Gasteiger partial charge in [0.25, 0.3) is 0 Å². The number of benzene rings is 2. The number of rotatable bonds is 4. The highest BCUT2D eigenvalue weighted by molar-refractivity contribution is 7.13. The molecule has 2 aromatic carbocycles. The lowest BCUT2D eigenvalue weighted by Crippen LogP contribution is -1.92. The van der Waals surface area contributed by atoms with Gasteiger partial charge in [-0.1, -0.05) is 72.3 Å². The van der Waals surface area contributed by atoms with Crippen LogP contribution in [-0.2, 0) is 6.54 Å². The average molecular weight is 312 g/mol. The molecule has 3 aromatic rings. The molecule has 1 heterocycles. The second-order valence-electron chi connectivity index (χ2n) is 4.61. The van der Waals surface area contributed by atoms with E-state index in [2.05, 4.69) is 40.7 Å². The predicted molar refractivity (Wildman–Crippen MR) is 92.3 cm³/mol. The van der Waals surface area contributed by atoms with Crippen LogP contribution in [-0.4, -0.2) is 5.17 Å². The van der Waals surface area contributed by atoms with Crippen LogP contribution in [0.5, 0.6) is 0 Å². The highest BCUT2D eigenvalue weighted by Gasteiger charge is 2.06. The standard InChI is InChI=1S/C18H14ClNS/c19-18(15-9-5-2-6-10-15)20-13-16-11-12-21-17(16)14-7-3-1-4-8-14/h1-12H,13H2. The predicted octanol–water partition coefficient (Wildman–Crippen LogP) is 5.60. The van der Waals surface area contributed by atoms with E-state index in [1.165, 1.54) is 16.0 Å². The molecule has 1 aromatic heterocycles. The molecule has 0 N–H and O–H groups in total. The lowest BCUT2D eigenvalue weighted by molar-refractivity contribution is 1.09. The fourth-order valence-corrected chi connectivity index (χ4v) is 3.23. The Labute approximate surface area is 133 Å². The van der Waals surface area contributed by atoms with Crippen LogP contribution in [0, 0.1) is 0 Å². The summed E-state index contributed by atoms with van der Waals surface area (Å²) in [5.41, 5.74) is 3.39. The van der Waals surface area contributed by atoms with Crippen LogP contribution in [0.4, 0.5) is 0 Å². The van der Waals surface area contributed by atoms with Crippen molar-refractivity contribution in [3.05, 3.63) is 83.2 Å². The molecule has 3 rings (SSSR count). The van der Waals surface area contributed by atoms with Gasteiger partial charge < -0.3 is 0 Å². The first-order valence-electron chi connectivity index (χ1n) is 6.72. The Balaban J connectivity index is 1.82. The maximum Gasteiger partial charge on any atom is 0.131 e. The Morgan fingerprint density at radius 1 is 0.905 bits per heavy atom. The largest absolute Gasteiger partial charge is 0.268 e. The number of aliphatic imine (C=N–C) groups is 1. The molecule has 0 atom stereocenters.